The third kappa shape index (κ3) is 4.71. The van der Waals surface area contributed by atoms with Crippen molar-refractivity contribution in [1.29, 1.82) is 0 Å². The van der Waals surface area contributed by atoms with Gasteiger partial charge in [-0.25, -0.2) is 4.89 Å². The number of unbranched alkanes of at least 4 members (excludes halogenated alkanes) is 2. The van der Waals surface area contributed by atoms with Gasteiger partial charge in [0, 0.05) is 24.5 Å². The molecular formula is C20H30NO6P. The summed E-state index contributed by atoms with van der Waals surface area (Å²) in [6.45, 7) is 8.93. The highest BCUT2D eigenvalue weighted by molar-refractivity contribution is 7.61. The van der Waals surface area contributed by atoms with Crippen molar-refractivity contribution in [3.63, 3.8) is 0 Å². The van der Waals surface area contributed by atoms with Gasteiger partial charge in [-0.2, -0.15) is 4.58 Å². The van der Waals surface area contributed by atoms with Gasteiger partial charge in [-0.1, -0.05) is 12.8 Å². The number of carbonyl (C=O) groups is 1. The van der Waals surface area contributed by atoms with Gasteiger partial charge < -0.3 is 14.8 Å². The molecule has 7 nitrogen and oxygen atoms in total. The number of hydrogen-bond acceptors (Lipinski definition) is 5. The van der Waals surface area contributed by atoms with Crippen LogP contribution in [0, 0.1) is 0 Å². The molecule has 2 rings (SSSR count). The number of carbonyl (C=O) groups excluding carboxylic acids is 1. The van der Waals surface area contributed by atoms with Crippen LogP contribution in [0.1, 0.15) is 65.4 Å². The zero-order chi connectivity index (χ0) is 20.9. The van der Waals surface area contributed by atoms with Crippen LogP contribution in [-0.2, 0) is 24.3 Å². The minimum Gasteiger partial charge on any atom is -0.550 e. The minimum atomic E-state index is -4.07. The number of benzene rings is 1. The van der Waals surface area contributed by atoms with E-state index in [1.54, 1.807) is 19.1 Å². The normalized spacial score (nSPS) is 20.9. The summed E-state index contributed by atoms with van der Waals surface area (Å²) >= 11 is 0. The molecular weight excluding hydrogens is 381 g/mol. The van der Waals surface area contributed by atoms with Crippen LogP contribution in [0.15, 0.2) is 18.2 Å². The Balaban J connectivity index is 2.30. The van der Waals surface area contributed by atoms with Crippen LogP contribution in [0.4, 0.5) is 5.69 Å². The summed E-state index contributed by atoms with van der Waals surface area (Å²) in [5.74, 6) is -1.02. The van der Waals surface area contributed by atoms with Crippen molar-refractivity contribution < 1.29 is 33.5 Å². The Bertz CT molecular complexity index is 806. The molecule has 1 N–H and O–H groups in total. The first-order valence-corrected chi connectivity index (χ1v) is 11.4. The molecule has 0 aromatic heterocycles. The SMILES string of the molecule is CCOOP(=O)(O)c1ccc2c(c1)C(C)(CCCCCC(=O)[O-])C(C)=[N+]2CC. The molecule has 0 fully saturated rings. The van der Waals surface area contributed by atoms with E-state index < -0.39 is 13.6 Å². The standard InChI is InChI=1S/C20H30NO6P/c1-5-21-15(3)20(4,13-9-7-8-10-19(22)23)17-14-16(11-12-18(17)21)28(24,25)27-26-6-2/h11-12,14H,5-10,13H2,1-4H3,(H-,22,23,24,25). The number of carboxylic acid groups (broad SMARTS) is 1. The summed E-state index contributed by atoms with van der Waals surface area (Å²) in [5.41, 5.74) is 2.89. The molecule has 0 bridgehead atoms. The number of carboxylic acids is 1. The smallest absolute Gasteiger partial charge is 0.385 e. The second-order valence-corrected chi connectivity index (χ2v) is 9.00. The van der Waals surface area contributed by atoms with Crippen molar-refractivity contribution in [3.05, 3.63) is 23.8 Å². The predicted molar refractivity (Wildman–Crippen MR) is 105 cm³/mol. The van der Waals surface area contributed by atoms with E-state index in [1.807, 2.05) is 6.07 Å². The molecule has 156 valence electrons. The summed E-state index contributed by atoms with van der Waals surface area (Å²) in [4.78, 5) is 25.5. The predicted octanol–water partition coefficient (Wildman–Crippen LogP) is 2.56. The number of hydrogen-bond donors (Lipinski definition) is 1. The number of fused-ring (bicyclic) bond motifs is 1. The zero-order valence-electron chi connectivity index (χ0n) is 17.1. The van der Waals surface area contributed by atoms with Gasteiger partial charge in [0.2, 0.25) is 5.69 Å². The lowest BCUT2D eigenvalue weighted by Gasteiger charge is -2.23. The third-order valence-corrected chi connectivity index (χ3v) is 6.78. The van der Waals surface area contributed by atoms with E-state index in [0.717, 1.165) is 37.1 Å². The van der Waals surface area contributed by atoms with Crippen LogP contribution in [0.3, 0.4) is 0 Å². The van der Waals surface area contributed by atoms with Gasteiger partial charge in [-0.3, -0.25) is 4.57 Å². The van der Waals surface area contributed by atoms with Crippen LogP contribution in [0.5, 0.6) is 0 Å². The molecule has 1 aromatic rings. The molecule has 1 heterocycles. The molecule has 1 aliphatic heterocycles. The van der Waals surface area contributed by atoms with Crippen LogP contribution in [0.2, 0.25) is 0 Å². The summed E-state index contributed by atoms with van der Waals surface area (Å²) < 4.78 is 19.5. The third-order valence-electron chi connectivity index (χ3n) is 5.54. The van der Waals surface area contributed by atoms with Crippen molar-refractivity contribution in [3.8, 4) is 0 Å². The Morgan fingerprint density at radius 3 is 2.61 bits per heavy atom. The molecule has 28 heavy (non-hydrogen) atoms. The molecule has 1 aromatic carbocycles. The van der Waals surface area contributed by atoms with Crippen LogP contribution in [-0.4, -0.2) is 34.3 Å². The second kappa shape index (κ2) is 9.31. The highest BCUT2D eigenvalue weighted by atomic mass is 31.2. The maximum Gasteiger partial charge on any atom is 0.385 e. The molecule has 2 atom stereocenters. The van der Waals surface area contributed by atoms with E-state index >= 15 is 0 Å². The Kier molecular flexibility index (Phi) is 7.57. The van der Waals surface area contributed by atoms with Gasteiger partial charge in [0.1, 0.15) is 6.54 Å². The number of nitrogens with zero attached hydrogens (tertiary/aromatic N) is 1. The molecule has 0 spiro atoms. The molecule has 1 aliphatic rings. The maximum absolute atomic E-state index is 12.5. The fraction of sp³-hybridized carbons (Fsp3) is 0.600. The average Bonchev–Trinajstić information content (AvgIpc) is 2.86. The zero-order valence-corrected chi connectivity index (χ0v) is 18.0. The lowest BCUT2D eigenvalue weighted by atomic mass is 9.76. The van der Waals surface area contributed by atoms with Crippen molar-refractivity contribution in [2.24, 2.45) is 0 Å². The summed E-state index contributed by atoms with van der Waals surface area (Å²) in [5, 5.41) is 10.8. The van der Waals surface area contributed by atoms with Crippen molar-refractivity contribution in [2.75, 3.05) is 13.2 Å². The van der Waals surface area contributed by atoms with E-state index in [0.29, 0.717) is 6.42 Å². The van der Waals surface area contributed by atoms with E-state index in [-0.39, 0.29) is 23.7 Å². The lowest BCUT2D eigenvalue weighted by Crippen LogP contribution is -2.30. The van der Waals surface area contributed by atoms with Gasteiger partial charge in [0.05, 0.1) is 17.3 Å². The molecule has 8 heteroatoms. The maximum atomic E-state index is 12.5. The van der Waals surface area contributed by atoms with Crippen LogP contribution < -0.4 is 10.4 Å². The van der Waals surface area contributed by atoms with E-state index in [1.165, 1.54) is 5.71 Å². The molecule has 0 saturated carbocycles. The first-order valence-electron chi connectivity index (χ1n) is 9.78. The number of rotatable bonds is 11. The van der Waals surface area contributed by atoms with Crippen molar-refractivity contribution >= 4 is 30.3 Å². The second-order valence-electron chi connectivity index (χ2n) is 7.30. The van der Waals surface area contributed by atoms with Gasteiger partial charge in [-0.15, -0.1) is 4.67 Å². The summed E-state index contributed by atoms with van der Waals surface area (Å²) in [6.07, 6.45) is 3.14. The molecule has 0 saturated heterocycles. The van der Waals surface area contributed by atoms with Crippen molar-refractivity contribution in [1.82, 2.24) is 0 Å². The fourth-order valence-corrected chi connectivity index (χ4v) is 4.75. The lowest BCUT2D eigenvalue weighted by molar-refractivity contribution is -0.434. The van der Waals surface area contributed by atoms with Crippen molar-refractivity contribution in [2.45, 2.75) is 65.2 Å². The first-order chi connectivity index (χ1) is 13.2. The molecule has 0 aliphatic carbocycles. The summed E-state index contributed by atoms with van der Waals surface area (Å²) in [6, 6.07) is 5.22. The largest absolute Gasteiger partial charge is 0.550 e. The topological polar surface area (TPSA) is 98.9 Å². The average molecular weight is 411 g/mol. The van der Waals surface area contributed by atoms with Gasteiger partial charge in [0.15, 0.2) is 5.71 Å². The molecule has 2 unspecified atom stereocenters. The molecule has 0 radical (unpaired) electrons. The van der Waals surface area contributed by atoms with Crippen LogP contribution >= 0.6 is 7.60 Å². The Morgan fingerprint density at radius 1 is 1.29 bits per heavy atom. The van der Waals surface area contributed by atoms with E-state index in [4.69, 9.17) is 9.56 Å². The number of aliphatic carboxylic acids is 1. The van der Waals surface area contributed by atoms with Gasteiger partial charge in [0.25, 0.3) is 0 Å². The Hall–Kier alpha value is -1.53. The van der Waals surface area contributed by atoms with Gasteiger partial charge in [-0.05, 0) is 52.2 Å². The molecule has 0 amide bonds. The first kappa shape index (κ1) is 22.8. The highest BCUT2D eigenvalue weighted by Gasteiger charge is 2.46. The fourth-order valence-electron chi connectivity index (χ4n) is 3.87. The van der Waals surface area contributed by atoms with Gasteiger partial charge >= 0.3 is 7.60 Å². The van der Waals surface area contributed by atoms with Crippen LogP contribution in [0.25, 0.3) is 0 Å². The highest BCUT2D eigenvalue weighted by Crippen LogP contribution is 2.47. The quantitative estimate of drug-likeness (QED) is 0.198. The Labute approximate surface area is 166 Å². The van der Waals surface area contributed by atoms with E-state index in [2.05, 4.69) is 25.3 Å². The Morgan fingerprint density at radius 2 is 2.00 bits per heavy atom. The van der Waals surface area contributed by atoms with E-state index in [9.17, 15) is 19.4 Å². The summed E-state index contributed by atoms with van der Waals surface area (Å²) in [7, 11) is -4.07. The monoisotopic (exact) mass is 411 g/mol. The minimum absolute atomic E-state index is 0.0731.